The Morgan fingerprint density at radius 3 is 2.65 bits per heavy atom. The Balaban J connectivity index is 1.57. The summed E-state index contributed by atoms with van der Waals surface area (Å²) < 4.78 is 10.5. The second-order valence-corrected chi connectivity index (χ2v) is 13.8. The molecule has 1 spiro atoms. The number of likely N-dealkylation sites (tertiary alicyclic amines) is 1. The van der Waals surface area contributed by atoms with Crippen molar-refractivity contribution in [2.24, 2.45) is 11.8 Å². The van der Waals surface area contributed by atoms with Crippen LogP contribution in [0.4, 0.5) is 0 Å². The molecule has 1 N–H and O–H groups in total. The van der Waals surface area contributed by atoms with E-state index in [1.54, 1.807) is 22.7 Å². The quantitative estimate of drug-likeness (QED) is 0.119. The number of allylic oxidation sites excluding steroid dienone is 1. The summed E-state index contributed by atoms with van der Waals surface area (Å²) in [5.74, 6) is -1.73. The van der Waals surface area contributed by atoms with Gasteiger partial charge in [0.05, 0.1) is 36.4 Å². The van der Waals surface area contributed by atoms with Crippen molar-refractivity contribution in [2.45, 2.75) is 59.4 Å². The molecule has 0 saturated carbocycles. The fourth-order valence-electron chi connectivity index (χ4n) is 6.68. The molecule has 4 fully saturated rings. The van der Waals surface area contributed by atoms with Gasteiger partial charge in [-0.15, -0.1) is 24.9 Å². The van der Waals surface area contributed by atoms with Gasteiger partial charge in [-0.25, -0.2) is 0 Å². The Morgan fingerprint density at radius 2 is 1.95 bits per heavy atom. The van der Waals surface area contributed by atoms with Crippen LogP contribution in [0.5, 0.6) is 0 Å². The van der Waals surface area contributed by atoms with Crippen molar-refractivity contribution in [1.82, 2.24) is 14.7 Å². The van der Waals surface area contributed by atoms with Gasteiger partial charge in [0.25, 0.3) is 0 Å². The Kier molecular flexibility index (Phi) is 11.6. The maximum Gasteiger partial charge on any atom is 0.310 e. The van der Waals surface area contributed by atoms with Crippen LogP contribution in [0.2, 0.25) is 0 Å². The van der Waals surface area contributed by atoms with E-state index in [0.29, 0.717) is 58.7 Å². The number of nitrogens with zero attached hydrogens (tertiary/aromatic N) is 3. The Morgan fingerprint density at radius 1 is 1.18 bits per heavy atom. The molecule has 224 valence electrons. The zero-order chi connectivity index (χ0) is 28.7. The summed E-state index contributed by atoms with van der Waals surface area (Å²) in [6, 6.07) is -0.672. The number of ether oxygens (including phenoxy) is 2. The van der Waals surface area contributed by atoms with Crippen LogP contribution in [0, 0.1) is 11.8 Å². The summed E-state index contributed by atoms with van der Waals surface area (Å²) in [5, 5.41) is 9.28. The minimum Gasteiger partial charge on any atom is -0.465 e. The van der Waals surface area contributed by atoms with Crippen molar-refractivity contribution in [3.63, 3.8) is 0 Å². The molecule has 9 nitrogen and oxygen atoms in total. The van der Waals surface area contributed by atoms with Crippen LogP contribution < -0.4 is 0 Å². The predicted octanol–water partition coefficient (Wildman–Crippen LogP) is 2.47. The first-order valence-electron chi connectivity index (χ1n) is 14.6. The van der Waals surface area contributed by atoms with Crippen LogP contribution >= 0.6 is 27.7 Å². The number of rotatable bonds is 16. The Labute approximate surface area is 250 Å². The van der Waals surface area contributed by atoms with Crippen LogP contribution in [-0.2, 0) is 23.9 Å². The van der Waals surface area contributed by atoms with Gasteiger partial charge in [0, 0.05) is 56.0 Å². The van der Waals surface area contributed by atoms with E-state index in [2.05, 4.69) is 34.0 Å². The molecule has 11 heteroatoms. The summed E-state index contributed by atoms with van der Waals surface area (Å²) in [4.78, 5) is 47.8. The highest BCUT2D eigenvalue weighted by Gasteiger charge is 2.76. The van der Waals surface area contributed by atoms with Crippen LogP contribution in [0.1, 0.15) is 38.5 Å². The number of hydrogen-bond acceptors (Lipinski definition) is 8. The normalized spacial score (nSPS) is 31.3. The molecule has 4 saturated heterocycles. The number of carbonyl (C=O) groups is 3. The van der Waals surface area contributed by atoms with Gasteiger partial charge in [-0.3, -0.25) is 19.3 Å². The van der Waals surface area contributed by atoms with E-state index >= 15 is 0 Å². The van der Waals surface area contributed by atoms with Crippen molar-refractivity contribution in [1.29, 1.82) is 0 Å². The number of aliphatic hydroxyl groups is 1. The second-order valence-electron chi connectivity index (χ2n) is 11.1. The van der Waals surface area contributed by atoms with Gasteiger partial charge in [0.1, 0.15) is 6.04 Å². The molecule has 0 aromatic rings. The molecule has 4 heterocycles. The number of esters is 1. The highest BCUT2D eigenvalue weighted by molar-refractivity contribution is 9.09. The van der Waals surface area contributed by atoms with Gasteiger partial charge in [-0.05, 0) is 38.5 Å². The molecule has 4 rings (SSSR count). The predicted molar refractivity (Wildman–Crippen MR) is 159 cm³/mol. The molecule has 0 aromatic heterocycles. The average Bonchev–Trinajstić information content (AvgIpc) is 3.54. The molecule has 4 aliphatic heterocycles. The van der Waals surface area contributed by atoms with E-state index < -0.39 is 22.6 Å². The van der Waals surface area contributed by atoms with Crippen LogP contribution in [0.3, 0.4) is 0 Å². The van der Waals surface area contributed by atoms with E-state index in [-0.39, 0.29) is 34.5 Å². The number of halogens is 1. The summed E-state index contributed by atoms with van der Waals surface area (Å²) in [7, 11) is 0. The molecule has 4 aliphatic rings. The molecule has 40 heavy (non-hydrogen) atoms. The molecular weight excluding hydrogens is 598 g/mol. The minimum atomic E-state index is -0.697. The van der Waals surface area contributed by atoms with E-state index in [1.165, 1.54) is 0 Å². The SMILES string of the molecule is C=CCCCCOC(=O)[C@H]1[C@@H]2SC3(CC2Br)C(C(=O)N(CC=C)CCN2CCOCC2)N(CCCCO)C(=O)[C@H]13. The van der Waals surface area contributed by atoms with Gasteiger partial charge < -0.3 is 24.4 Å². The number of morpholine rings is 1. The third-order valence-electron chi connectivity index (χ3n) is 8.60. The number of carbonyl (C=O) groups excluding carboxylic acids is 3. The Hall–Kier alpha value is -1.40. The first-order valence-corrected chi connectivity index (χ1v) is 16.4. The number of unbranched alkanes of at least 4 members (excludes halogenated alkanes) is 3. The lowest BCUT2D eigenvalue weighted by Gasteiger charge is -2.38. The zero-order valence-electron chi connectivity index (χ0n) is 23.4. The number of fused-ring (bicyclic) bond motifs is 1. The fourth-order valence-corrected chi connectivity index (χ4v) is 10.3. The van der Waals surface area contributed by atoms with Crippen molar-refractivity contribution in [3.05, 3.63) is 25.3 Å². The average molecular weight is 643 g/mol. The van der Waals surface area contributed by atoms with Crippen molar-refractivity contribution < 1.29 is 29.0 Å². The van der Waals surface area contributed by atoms with Gasteiger partial charge in [-0.2, -0.15) is 0 Å². The number of amides is 2. The molecule has 0 aromatic carbocycles. The van der Waals surface area contributed by atoms with Crippen molar-refractivity contribution >= 4 is 45.5 Å². The summed E-state index contributed by atoms with van der Waals surface area (Å²) in [5.41, 5.74) is 0. The second kappa shape index (κ2) is 14.7. The fraction of sp³-hybridized carbons (Fsp3) is 0.759. The van der Waals surface area contributed by atoms with E-state index in [1.807, 2.05) is 11.0 Å². The highest BCUT2D eigenvalue weighted by Crippen LogP contribution is 2.68. The van der Waals surface area contributed by atoms with Crippen molar-refractivity contribution in [3.8, 4) is 0 Å². The number of thioether (sulfide) groups is 1. The Bertz CT molecular complexity index is 933. The van der Waals surface area contributed by atoms with E-state index in [9.17, 15) is 19.5 Å². The lowest BCUT2D eigenvalue weighted by molar-refractivity contribution is -0.154. The standard InChI is InChI=1S/C29H44BrN3O6S/c1-3-5-6-9-17-39-28(37)22-23-26(35)33(11-7-8-16-34)25(29(23)20-21(30)24(22)40-29)27(36)32(10-4-2)13-12-31-14-18-38-19-15-31/h3-4,21-25,34H,1-2,5-20H2/t21?,22-,23+,24-,25?,29?/m1/s1. The van der Waals surface area contributed by atoms with Crippen LogP contribution in [0.15, 0.2) is 25.3 Å². The summed E-state index contributed by atoms with van der Waals surface area (Å²) >= 11 is 5.44. The first-order chi connectivity index (χ1) is 19.4. The third-order valence-corrected chi connectivity index (χ3v) is 11.8. The minimum absolute atomic E-state index is 0.00811. The maximum absolute atomic E-state index is 14.4. The molecule has 2 amide bonds. The van der Waals surface area contributed by atoms with Crippen LogP contribution in [0.25, 0.3) is 0 Å². The van der Waals surface area contributed by atoms with Gasteiger partial charge in [-0.1, -0.05) is 28.1 Å². The van der Waals surface area contributed by atoms with E-state index in [4.69, 9.17) is 9.47 Å². The lowest BCUT2D eigenvalue weighted by Crippen LogP contribution is -2.56. The highest BCUT2D eigenvalue weighted by atomic mass is 79.9. The van der Waals surface area contributed by atoms with Gasteiger partial charge in [0.15, 0.2) is 0 Å². The monoisotopic (exact) mass is 641 g/mol. The van der Waals surface area contributed by atoms with Crippen molar-refractivity contribution in [2.75, 3.05) is 65.7 Å². The summed E-state index contributed by atoms with van der Waals surface area (Å²) in [6.07, 6.45) is 7.87. The first kappa shape index (κ1) is 31.5. The summed E-state index contributed by atoms with van der Waals surface area (Å²) in [6.45, 7) is 13.0. The van der Waals surface area contributed by atoms with Gasteiger partial charge in [0.2, 0.25) is 11.8 Å². The lowest BCUT2D eigenvalue weighted by atomic mass is 9.71. The number of alkyl halides is 1. The molecule has 0 aliphatic carbocycles. The van der Waals surface area contributed by atoms with Gasteiger partial charge >= 0.3 is 5.97 Å². The largest absolute Gasteiger partial charge is 0.465 e. The van der Waals surface area contributed by atoms with E-state index in [0.717, 1.165) is 38.9 Å². The molecular formula is C29H44BrN3O6S. The maximum atomic E-state index is 14.4. The molecule has 3 unspecified atom stereocenters. The molecule has 2 bridgehead atoms. The topological polar surface area (TPSA) is 99.6 Å². The smallest absolute Gasteiger partial charge is 0.310 e. The third kappa shape index (κ3) is 6.48. The van der Waals surface area contributed by atoms with Crippen LogP contribution in [-0.4, -0.2) is 124 Å². The molecule has 6 atom stereocenters. The molecule has 0 radical (unpaired) electrons. The zero-order valence-corrected chi connectivity index (χ0v) is 25.8. The number of aliphatic hydroxyl groups excluding tert-OH is 1. The number of hydrogen-bond donors (Lipinski definition) is 1.